The Morgan fingerprint density at radius 2 is 2.40 bits per heavy atom. The molecule has 0 unspecified atom stereocenters. The summed E-state index contributed by atoms with van der Waals surface area (Å²) in [6.07, 6.45) is 5.53. The fourth-order valence-corrected chi connectivity index (χ4v) is 1.28. The molecule has 0 atom stereocenters. The molecule has 0 aliphatic heterocycles. The Balaban J connectivity index is 2.23. The molecular formula is C7H10N2O. The number of nitrogens with zero attached hydrogens (tertiary/aromatic N) is 1. The zero-order chi connectivity index (χ0) is 6.97. The molecule has 3 nitrogen and oxygen atoms in total. The Morgan fingerprint density at radius 3 is 2.80 bits per heavy atom. The van der Waals surface area contributed by atoms with Crippen LogP contribution in [-0.2, 0) is 0 Å². The average Bonchev–Trinajstić information content (AvgIpc) is 2.12. The zero-order valence-corrected chi connectivity index (χ0v) is 5.71. The van der Waals surface area contributed by atoms with Crippen molar-refractivity contribution in [1.82, 2.24) is 5.16 Å². The van der Waals surface area contributed by atoms with Crippen LogP contribution in [0.2, 0.25) is 0 Å². The summed E-state index contributed by atoms with van der Waals surface area (Å²) in [5.74, 6) is 1.14. The molecule has 1 aliphatic rings. The summed E-state index contributed by atoms with van der Waals surface area (Å²) in [7, 11) is 0. The van der Waals surface area contributed by atoms with Gasteiger partial charge in [-0.2, -0.15) is 0 Å². The molecule has 3 heteroatoms. The van der Waals surface area contributed by atoms with E-state index < -0.39 is 0 Å². The predicted molar refractivity (Wildman–Crippen MR) is 37.5 cm³/mol. The van der Waals surface area contributed by atoms with Crippen molar-refractivity contribution >= 4 is 5.88 Å². The summed E-state index contributed by atoms with van der Waals surface area (Å²) in [4.78, 5) is 0. The number of hydrogen-bond donors (Lipinski definition) is 1. The number of nitrogen functional groups attached to an aromatic ring is 1. The lowest BCUT2D eigenvalue weighted by Crippen LogP contribution is -2.09. The van der Waals surface area contributed by atoms with E-state index in [1.807, 2.05) is 0 Å². The van der Waals surface area contributed by atoms with Crippen molar-refractivity contribution in [3.8, 4) is 0 Å². The highest BCUT2D eigenvalue weighted by Gasteiger charge is 2.23. The van der Waals surface area contributed by atoms with E-state index in [-0.39, 0.29) is 0 Å². The molecular weight excluding hydrogens is 128 g/mol. The lowest BCUT2D eigenvalue weighted by molar-refractivity contribution is 0.412. The maximum atomic E-state index is 5.52. The topological polar surface area (TPSA) is 52.0 Å². The second kappa shape index (κ2) is 2.01. The Labute approximate surface area is 59.2 Å². The van der Waals surface area contributed by atoms with Crippen LogP contribution >= 0.6 is 0 Å². The quantitative estimate of drug-likeness (QED) is 0.640. The van der Waals surface area contributed by atoms with Gasteiger partial charge in [0, 0.05) is 5.56 Å². The summed E-state index contributed by atoms with van der Waals surface area (Å²) < 4.78 is 4.75. The van der Waals surface area contributed by atoms with Gasteiger partial charge >= 0.3 is 0 Å². The molecule has 1 fully saturated rings. The van der Waals surface area contributed by atoms with Crippen LogP contribution < -0.4 is 5.73 Å². The molecule has 54 valence electrons. The average molecular weight is 138 g/mol. The minimum Gasteiger partial charge on any atom is -0.367 e. The minimum atomic E-state index is 0.504. The first-order valence-electron chi connectivity index (χ1n) is 3.58. The first-order chi connectivity index (χ1) is 4.88. The molecule has 1 saturated carbocycles. The first-order valence-corrected chi connectivity index (χ1v) is 3.58. The predicted octanol–water partition coefficient (Wildman–Crippen LogP) is 1.52. The largest absolute Gasteiger partial charge is 0.367 e. The molecule has 1 aromatic rings. The van der Waals surface area contributed by atoms with Gasteiger partial charge in [0.15, 0.2) is 0 Å². The Kier molecular flexibility index (Phi) is 1.16. The fourth-order valence-electron chi connectivity index (χ4n) is 1.28. The van der Waals surface area contributed by atoms with Crippen molar-refractivity contribution in [1.29, 1.82) is 0 Å². The molecule has 2 rings (SSSR count). The summed E-state index contributed by atoms with van der Waals surface area (Å²) in [6.45, 7) is 0. The highest BCUT2D eigenvalue weighted by atomic mass is 16.5. The number of nitrogens with two attached hydrogens (primary N) is 1. The number of rotatable bonds is 1. The number of anilines is 1. The van der Waals surface area contributed by atoms with Gasteiger partial charge in [0.05, 0.1) is 6.20 Å². The highest BCUT2D eigenvalue weighted by molar-refractivity contribution is 5.37. The molecule has 0 spiro atoms. The van der Waals surface area contributed by atoms with Crippen molar-refractivity contribution < 1.29 is 4.52 Å². The molecule has 0 amide bonds. The van der Waals surface area contributed by atoms with Gasteiger partial charge in [-0.15, -0.1) is 0 Å². The molecule has 0 bridgehead atoms. The van der Waals surface area contributed by atoms with Crippen LogP contribution in [0.3, 0.4) is 0 Å². The number of aromatic nitrogens is 1. The third-order valence-corrected chi connectivity index (χ3v) is 2.17. The Bertz CT molecular complexity index is 227. The maximum absolute atomic E-state index is 5.52. The molecule has 0 aromatic carbocycles. The van der Waals surface area contributed by atoms with Crippen molar-refractivity contribution in [3.63, 3.8) is 0 Å². The van der Waals surface area contributed by atoms with Gasteiger partial charge in [0.2, 0.25) is 5.88 Å². The highest BCUT2D eigenvalue weighted by Crippen LogP contribution is 2.38. The molecule has 10 heavy (non-hydrogen) atoms. The lowest BCUT2D eigenvalue weighted by atomic mass is 9.81. The van der Waals surface area contributed by atoms with Crippen LogP contribution in [0.25, 0.3) is 0 Å². The maximum Gasteiger partial charge on any atom is 0.225 e. The third kappa shape index (κ3) is 0.701. The molecule has 1 heterocycles. The van der Waals surface area contributed by atoms with Crippen molar-refractivity contribution in [2.45, 2.75) is 25.2 Å². The van der Waals surface area contributed by atoms with Gasteiger partial charge in [0.25, 0.3) is 0 Å². The van der Waals surface area contributed by atoms with Gasteiger partial charge in [-0.05, 0) is 18.8 Å². The van der Waals surface area contributed by atoms with Gasteiger partial charge in [-0.1, -0.05) is 11.6 Å². The standard InChI is InChI=1S/C7H10N2O/c8-7-6(4-9-10-7)5-2-1-3-5/h4-5H,1-3,8H2. The van der Waals surface area contributed by atoms with E-state index in [1.165, 1.54) is 19.3 Å². The smallest absolute Gasteiger partial charge is 0.225 e. The summed E-state index contributed by atoms with van der Waals surface area (Å²) in [5, 5.41) is 3.62. The Hall–Kier alpha value is -0.990. The lowest BCUT2D eigenvalue weighted by Gasteiger charge is -2.23. The second-order valence-corrected chi connectivity index (χ2v) is 2.77. The van der Waals surface area contributed by atoms with Crippen LogP contribution in [0.1, 0.15) is 30.7 Å². The molecule has 1 aromatic heterocycles. The van der Waals surface area contributed by atoms with Gasteiger partial charge in [0.1, 0.15) is 0 Å². The van der Waals surface area contributed by atoms with Gasteiger partial charge in [-0.3, -0.25) is 0 Å². The van der Waals surface area contributed by atoms with E-state index in [0.29, 0.717) is 11.8 Å². The van der Waals surface area contributed by atoms with E-state index in [0.717, 1.165) is 5.56 Å². The number of hydrogen-bond acceptors (Lipinski definition) is 3. The minimum absolute atomic E-state index is 0.504. The van der Waals surface area contributed by atoms with Crippen molar-refractivity contribution in [2.24, 2.45) is 0 Å². The van der Waals surface area contributed by atoms with Crippen LogP contribution in [0.4, 0.5) is 5.88 Å². The molecule has 0 radical (unpaired) electrons. The van der Waals surface area contributed by atoms with Crippen LogP contribution in [0.5, 0.6) is 0 Å². The SMILES string of the molecule is Nc1oncc1C1CCC1. The third-order valence-electron chi connectivity index (χ3n) is 2.17. The first kappa shape index (κ1) is 5.77. The monoisotopic (exact) mass is 138 g/mol. The summed E-state index contributed by atoms with van der Waals surface area (Å²) in [5.41, 5.74) is 6.62. The van der Waals surface area contributed by atoms with Gasteiger partial charge < -0.3 is 10.3 Å². The Morgan fingerprint density at radius 1 is 1.60 bits per heavy atom. The normalized spacial score (nSPS) is 18.8. The zero-order valence-electron chi connectivity index (χ0n) is 5.71. The van der Waals surface area contributed by atoms with E-state index in [4.69, 9.17) is 10.3 Å². The van der Waals surface area contributed by atoms with E-state index >= 15 is 0 Å². The molecule has 1 aliphatic carbocycles. The second-order valence-electron chi connectivity index (χ2n) is 2.77. The van der Waals surface area contributed by atoms with Crippen molar-refractivity contribution in [2.75, 3.05) is 5.73 Å². The van der Waals surface area contributed by atoms with E-state index in [9.17, 15) is 0 Å². The van der Waals surface area contributed by atoms with Crippen LogP contribution in [0.15, 0.2) is 10.7 Å². The van der Waals surface area contributed by atoms with Crippen LogP contribution in [0, 0.1) is 0 Å². The summed E-state index contributed by atoms with van der Waals surface area (Å²) in [6, 6.07) is 0. The summed E-state index contributed by atoms with van der Waals surface area (Å²) >= 11 is 0. The van der Waals surface area contributed by atoms with Crippen LogP contribution in [-0.4, -0.2) is 5.16 Å². The molecule has 0 saturated heterocycles. The molecule has 2 N–H and O–H groups in total. The van der Waals surface area contributed by atoms with Gasteiger partial charge in [-0.25, -0.2) is 0 Å². The van der Waals surface area contributed by atoms with E-state index in [1.54, 1.807) is 6.20 Å². The fraction of sp³-hybridized carbons (Fsp3) is 0.571. The van der Waals surface area contributed by atoms with E-state index in [2.05, 4.69) is 5.16 Å². The van der Waals surface area contributed by atoms with Crippen molar-refractivity contribution in [3.05, 3.63) is 11.8 Å².